The fourth-order valence-corrected chi connectivity index (χ4v) is 2.08. The van der Waals surface area contributed by atoms with E-state index in [1.807, 2.05) is 31.2 Å². The van der Waals surface area contributed by atoms with Gasteiger partial charge in [0, 0.05) is 30.4 Å². The second-order valence-electron chi connectivity index (χ2n) is 5.12. The van der Waals surface area contributed by atoms with Crippen LogP contribution in [0.3, 0.4) is 0 Å². The molecule has 2 rings (SSSR count). The van der Waals surface area contributed by atoms with Crippen molar-refractivity contribution < 1.29 is 22.7 Å². The summed E-state index contributed by atoms with van der Waals surface area (Å²) in [4.78, 5) is 11.9. The van der Waals surface area contributed by atoms with Crippen LogP contribution in [-0.2, 0) is 4.79 Å². The molecule has 0 bridgehead atoms. The number of carbonyl (C=O) groups is 1. The molecule has 2 aromatic rings. The maximum atomic E-state index is 12.2. The Balaban J connectivity index is 1.84. The molecule has 7 heteroatoms. The molecule has 0 fully saturated rings. The maximum absolute atomic E-state index is 12.2. The molecule has 128 valence electrons. The molecule has 0 atom stereocenters. The Hall–Kier alpha value is -2.70. The minimum atomic E-state index is -4.76. The molecule has 0 aliphatic heterocycles. The molecule has 1 amide bonds. The van der Waals surface area contributed by atoms with Crippen molar-refractivity contribution in [3.8, 4) is 5.75 Å². The molecule has 2 N–H and O–H groups in total. The number of hydrogen-bond donors (Lipinski definition) is 2. The summed E-state index contributed by atoms with van der Waals surface area (Å²) in [6, 6.07) is 12.8. The summed E-state index contributed by atoms with van der Waals surface area (Å²) < 4.78 is 40.3. The summed E-state index contributed by atoms with van der Waals surface area (Å²) in [5.41, 5.74) is 2.25. The number of anilines is 2. The van der Waals surface area contributed by atoms with Crippen LogP contribution in [0.5, 0.6) is 5.75 Å². The number of hydrogen-bond acceptors (Lipinski definition) is 3. The first-order valence-electron chi connectivity index (χ1n) is 7.29. The van der Waals surface area contributed by atoms with E-state index < -0.39 is 6.36 Å². The number of rotatable bonds is 6. The quantitative estimate of drug-likeness (QED) is 0.824. The molecule has 0 unspecified atom stereocenters. The van der Waals surface area contributed by atoms with Gasteiger partial charge in [-0.2, -0.15) is 0 Å². The molecule has 0 aliphatic carbocycles. The number of aryl methyl sites for hydroxylation is 1. The Bertz CT molecular complexity index is 702. The lowest BCUT2D eigenvalue weighted by atomic mass is 10.2. The van der Waals surface area contributed by atoms with Crippen LogP contribution in [0, 0.1) is 6.92 Å². The van der Waals surface area contributed by atoms with Gasteiger partial charge in [-0.1, -0.05) is 24.3 Å². The average molecular weight is 338 g/mol. The van der Waals surface area contributed by atoms with Crippen LogP contribution >= 0.6 is 0 Å². The van der Waals surface area contributed by atoms with Gasteiger partial charge in [-0.15, -0.1) is 13.2 Å². The first-order valence-corrected chi connectivity index (χ1v) is 7.29. The van der Waals surface area contributed by atoms with Gasteiger partial charge in [0.15, 0.2) is 0 Å². The van der Waals surface area contributed by atoms with Crippen LogP contribution in [0.2, 0.25) is 0 Å². The third-order valence-electron chi connectivity index (χ3n) is 3.16. The minimum Gasteiger partial charge on any atom is -0.406 e. The third kappa shape index (κ3) is 5.83. The molecule has 0 heterocycles. The maximum Gasteiger partial charge on any atom is 0.573 e. The highest BCUT2D eigenvalue weighted by Gasteiger charge is 2.31. The number of alkyl halides is 3. The van der Waals surface area contributed by atoms with Gasteiger partial charge in [-0.3, -0.25) is 4.79 Å². The van der Waals surface area contributed by atoms with E-state index in [0.717, 1.165) is 17.3 Å². The summed E-state index contributed by atoms with van der Waals surface area (Å²) in [6.45, 7) is 2.37. The highest BCUT2D eigenvalue weighted by Crippen LogP contribution is 2.25. The number of ether oxygens (including phenoxy) is 1. The van der Waals surface area contributed by atoms with Crippen molar-refractivity contribution in [1.82, 2.24) is 0 Å². The number of amides is 1. The molecule has 0 saturated carbocycles. The van der Waals surface area contributed by atoms with Crippen LogP contribution in [0.25, 0.3) is 0 Å². The number of para-hydroxylation sites is 1. The lowest BCUT2D eigenvalue weighted by Crippen LogP contribution is -2.18. The van der Waals surface area contributed by atoms with Crippen LogP contribution in [0.1, 0.15) is 12.0 Å². The van der Waals surface area contributed by atoms with Gasteiger partial charge < -0.3 is 15.4 Å². The Morgan fingerprint density at radius 1 is 1.12 bits per heavy atom. The summed E-state index contributed by atoms with van der Waals surface area (Å²) in [7, 11) is 0. The predicted octanol–water partition coefficient (Wildman–Crippen LogP) is 4.33. The molecule has 0 aromatic heterocycles. The predicted molar refractivity (Wildman–Crippen MR) is 86.0 cm³/mol. The lowest BCUT2D eigenvalue weighted by Gasteiger charge is -2.11. The van der Waals surface area contributed by atoms with Gasteiger partial charge in [0.05, 0.1) is 0 Å². The van der Waals surface area contributed by atoms with Crippen molar-refractivity contribution in [2.24, 2.45) is 0 Å². The highest BCUT2D eigenvalue weighted by atomic mass is 19.4. The van der Waals surface area contributed by atoms with Crippen molar-refractivity contribution in [3.05, 3.63) is 54.1 Å². The summed E-state index contributed by atoms with van der Waals surface area (Å²) in [5.74, 6) is -0.682. The van der Waals surface area contributed by atoms with E-state index in [4.69, 9.17) is 0 Å². The normalized spacial score (nSPS) is 11.0. The van der Waals surface area contributed by atoms with Crippen molar-refractivity contribution in [3.63, 3.8) is 0 Å². The molecule has 0 aliphatic rings. The lowest BCUT2D eigenvalue weighted by molar-refractivity contribution is -0.274. The SMILES string of the molecule is Cc1ccccc1NCCC(=O)Nc1cccc(OC(F)(F)F)c1. The summed E-state index contributed by atoms with van der Waals surface area (Å²) in [5, 5.41) is 5.68. The van der Waals surface area contributed by atoms with E-state index in [0.29, 0.717) is 6.54 Å². The Kier molecular flexibility index (Phi) is 5.68. The minimum absolute atomic E-state index is 0.179. The Morgan fingerprint density at radius 3 is 2.58 bits per heavy atom. The number of halogens is 3. The molecule has 24 heavy (non-hydrogen) atoms. The van der Waals surface area contributed by atoms with Crippen LogP contribution in [0.4, 0.5) is 24.5 Å². The second-order valence-corrected chi connectivity index (χ2v) is 5.12. The van der Waals surface area contributed by atoms with Gasteiger partial charge in [-0.25, -0.2) is 0 Å². The van der Waals surface area contributed by atoms with E-state index in [-0.39, 0.29) is 23.8 Å². The number of nitrogens with one attached hydrogen (secondary N) is 2. The van der Waals surface area contributed by atoms with Gasteiger partial charge >= 0.3 is 6.36 Å². The summed E-state index contributed by atoms with van der Waals surface area (Å²) in [6.07, 6.45) is -4.58. The third-order valence-corrected chi connectivity index (χ3v) is 3.16. The van der Waals surface area contributed by atoms with Gasteiger partial charge in [0.1, 0.15) is 5.75 Å². The first kappa shape index (κ1) is 17.7. The van der Waals surface area contributed by atoms with E-state index in [1.54, 1.807) is 0 Å². The average Bonchev–Trinajstić information content (AvgIpc) is 2.48. The molecular formula is C17H17F3N2O2. The van der Waals surface area contributed by atoms with Crippen molar-refractivity contribution in [1.29, 1.82) is 0 Å². The summed E-state index contributed by atoms with van der Waals surface area (Å²) >= 11 is 0. The van der Waals surface area contributed by atoms with Gasteiger partial charge in [0.2, 0.25) is 5.91 Å². The molecule has 0 saturated heterocycles. The zero-order valence-electron chi connectivity index (χ0n) is 13.0. The fraction of sp³-hybridized carbons (Fsp3) is 0.235. The van der Waals surface area contributed by atoms with E-state index in [9.17, 15) is 18.0 Å². The topological polar surface area (TPSA) is 50.4 Å². The van der Waals surface area contributed by atoms with Gasteiger partial charge in [-0.05, 0) is 30.7 Å². The number of benzene rings is 2. The largest absolute Gasteiger partial charge is 0.573 e. The zero-order chi connectivity index (χ0) is 17.6. The number of carbonyl (C=O) groups excluding carboxylic acids is 1. The van der Waals surface area contributed by atoms with Gasteiger partial charge in [0.25, 0.3) is 0 Å². The molecule has 0 spiro atoms. The smallest absolute Gasteiger partial charge is 0.406 e. The molecule has 4 nitrogen and oxygen atoms in total. The van der Waals surface area contributed by atoms with Crippen molar-refractivity contribution >= 4 is 17.3 Å². The molecular weight excluding hydrogens is 321 g/mol. The van der Waals surface area contributed by atoms with Crippen LogP contribution in [-0.4, -0.2) is 18.8 Å². The fourth-order valence-electron chi connectivity index (χ4n) is 2.08. The molecule has 2 aromatic carbocycles. The van der Waals surface area contributed by atoms with Crippen LogP contribution < -0.4 is 15.4 Å². The highest BCUT2D eigenvalue weighted by molar-refractivity contribution is 5.91. The second kappa shape index (κ2) is 7.72. The monoisotopic (exact) mass is 338 g/mol. The van der Waals surface area contributed by atoms with E-state index >= 15 is 0 Å². The van der Waals surface area contributed by atoms with Crippen molar-refractivity contribution in [2.75, 3.05) is 17.2 Å². The standard InChI is InChI=1S/C17H17F3N2O2/c1-12-5-2-3-8-15(12)21-10-9-16(23)22-13-6-4-7-14(11-13)24-17(18,19)20/h2-8,11,21H,9-10H2,1H3,(H,22,23). The van der Waals surface area contributed by atoms with Crippen LogP contribution in [0.15, 0.2) is 48.5 Å². The Morgan fingerprint density at radius 2 is 1.88 bits per heavy atom. The van der Waals surface area contributed by atoms with Crippen molar-refractivity contribution in [2.45, 2.75) is 19.7 Å². The molecule has 0 radical (unpaired) electrons. The van der Waals surface area contributed by atoms with E-state index in [1.165, 1.54) is 18.2 Å². The zero-order valence-corrected chi connectivity index (χ0v) is 13.0. The first-order chi connectivity index (χ1) is 11.3. The Labute approximate surface area is 137 Å². The van der Waals surface area contributed by atoms with E-state index in [2.05, 4.69) is 15.4 Å².